The van der Waals surface area contributed by atoms with Crippen molar-refractivity contribution in [2.75, 3.05) is 26.2 Å². The van der Waals surface area contributed by atoms with Gasteiger partial charge in [-0.15, -0.1) is 0 Å². The average Bonchev–Trinajstić information content (AvgIpc) is 3.18. The Kier molecular flexibility index (Phi) is 24.7. The number of nitrogens with one attached hydrogen (secondary N) is 2. The minimum Gasteiger partial charge on any atom is -0.445 e. The van der Waals surface area contributed by atoms with Crippen LogP contribution in [0.1, 0.15) is 148 Å². The minimum absolute atomic E-state index is 0.00948. The first kappa shape index (κ1) is 48.0. The van der Waals surface area contributed by atoms with Crippen molar-refractivity contribution in [2.24, 2.45) is 11.7 Å². The molecule has 0 spiro atoms. The van der Waals surface area contributed by atoms with Gasteiger partial charge in [0.1, 0.15) is 31.3 Å². The Morgan fingerprint density at radius 3 is 1.82 bits per heavy atom. The van der Waals surface area contributed by atoms with E-state index in [0.717, 1.165) is 56.9 Å². The summed E-state index contributed by atoms with van der Waals surface area (Å²) in [7, 11) is 0. The van der Waals surface area contributed by atoms with Gasteiger partial charge in [-0.3, -0.25) is 20.1 Å². The number of ketones is 1. The summed E-state index contributed by atoms with van der Waals surface area (Å²) in [5.74, 6) is -5.69. The Morgan fingerprint density at radius 1 is 0.745 bits per heavy atom. The topological polar surface area (TPSA) is 201 Å². The highest BCUT2D eigenvalue weighted by Gasteiger charge is 2.58. The average molecular weight is 777 g/mol. The molecule has 55 heavy (non-hydrogen) atoms. The van der Waals surface area contributed by atoms with Crippen LogP contribution in [0.5, 0.6) is 0 Å². The standard InChI is InChI=1S/C42H72N4O9/c1-3-5-7-9-11-13-15-17-19-24-28-46(37(50)27-23-18-16-14-12-10-8-6-4-2)42(43)38(40(52)39(51)35(31-47)55-42)34(48)29-44-36(49)30-45-41(53)54-32-33-25-21-20-22-26-33/h20-22,25-26,35,38-40,47,51-52H,3-19,23-24,27-32,43H2,1-2H3,(H,44,49)(H,45,53)/t35-,38-,39-,40-,42+/m1/s1. The Balaban J connectivity index is 2.09. The van der Waals surface area contributed by atoms with Gasteiger partial charge in [0.05, 0.1) is 19.3 Å². The highest BCUT2D eigenvalue weighted by Crippen LogP contribution is 2.36. The number of benzene rings is 1. The van der Waals surface area contributed by atoms with E-state index < -0.39 is 67.6 Å². The lowest BCUT2D eigenvalue weighted by atomic mass is 9.82. The second kappa shape index (κ2) is 28.3. The molecule has 5 atom stereocenters. The third-order valence-electron chi connectivity index (χ3n) is 10.4. The van der Waals surface area contributed by atoms with Crippen LogP contribution in [0.2, 0.25) is 0 Å². The largest absolute Gasteiger partial charge is 0.445 e. The van der Waals surface area contributed by atoms with Crippen molar-refractivity contribution in [1.82, 2.24) is 15.5 Å². The number of carbonyl (C=O) groups excluding carboxylic acids is 4. The monoisotopic (exact) mass is 777 g/mol. The quantitative estimate of drug-likeness (QED) is 0.0422. The molecule has 1 heterocycles. The van der Waals surface area contributed by atoms with Gasteiger partial charge in [-0.2, -0.15) is 0 Å². The summed E-state index contributed by atoms with van der Waals surface area (Å²) < 4.78 is 11.1. The predicted octanol–water partition coefficient (Wildman–Crippen LogP) is 5.61. The van der Waals surface area contributed by atoms with Crippen LogP contribution < -0.4 is 16.4 Å². The fourth-order valence-corrected chi connectivity index (χ4v) is 7.10. The van der Waals surface area contributed by atoms with Gasteiger partial charge in [0, 0.05) is 13.0 Å². The molecule has 1 fully saturated rings. The van der Waals surface area contributed by atoms with Crippen LogP contribution in [0.3, 0.4) is 0 Å². The first-order valence-electron chi connectivity index (χ1n) is 21.1. The highest BCUT2D eigenvalue weighted by molar-refractivity contribution is 5.90. The lowest BCUT2D eigenvalue weighted by Gasteiger charge is -2.52. The van der Waals surface area contributed by atoms with Gasteiger partial charge in [0.15, 0.2) is 5.78 Å². The molecule has 1 aliphatic heterocycles. The summed E-state index contributed by atoms with van der Waals surface area (Å²) in [6, 6.07) is 9.02. The van der Waals surface area contributed by atoms with E-state index in [1.807, 2.05) is 6.07 Å². The summed E-state index contributed by atoms with van der Waals surface area (Å²) in [4.78, 5) is 53.8. The number of alkyl carbamates (subject to hydrolysis) is 1. The number of aliphatic hydroxyl groups excluding tert-OH is 3. The first-order valence-corrected chi connectivity index (χ1v) is 21.1. The van der Waals surface area contributed by atoms with Crippen molar-refractivity contribution in [3.05, 3.63) is 35.9 Å². The van der Waals surface area contributed by atoms with Crippen LogP contribution in [0, 0.1) is 5.92 Å². The number of Topliss-reactive ketones (excluding diaryl/α,β-unsaturated/α-hetero) is 1. The molecule has 13 nitrogen and oxygen atoms in total. The summed E-state index contributed by atoms with van der Waals surface area (Å²) in [6.07, 6.45) is 14.8. The number of rotatable bonds is 30. The smallest absolute Gasteiger partial charge is 0.407 e. The number of nitrogens with two attached hydrogens (primary N) is 1. The van der Waals surface area contributed by atoms with E-state index >= 15 is 0 Å². The van der Waals surface area contributed by atoms with E-state index in [-0.39, 0.29) is 25.5 Å². The zero-order valence-electron chi connectivity index (χ0n) is 33.7. The number of ether oxygens (including phenoxy) is 2. The molecular formula is C42H72N4O9. The number of hydrogen-bond acceptors (Lipinski definition) is 10. The molecule has 314 valence electrons. The summed E-state index contributed by atoms with van der Waals surface area (Å²) in [5, 5.41) is 36.9. The molecule has 0 aromatic heterocycles. The molecule has 0 radical (unpaired) electrons. The number of nitrogens with zero attached hydrogens (tertiary/aromatic N) is 1. The maximum atomic E-state index is 14.0. The van der Waals surface area contributed by atoms with Crippen molar-refractivity contribution >= 4 is 23.7 Å². The van der Waals surface area contributed by atoms with Crippen molar-refractivity contribution < 1.29 is 44.0 Å². The second-order valence-electron chi connectivity index (χ2n) is 15.0. The predicted molar refractivity (Wildman–Crippen MR) is 212 cm³/mol. The van der Waals surface area contributed by atoms with Crippen molar-refractivity contribution in [2.45, 2.75) is 173 Å². The zero-order valence-corrected chi connectivity index (χ0v) is 33.7. The van der Waals surface area contributed by atoms with Crippen LogP contribution in [0.25, 0.3) is 0 Å². The van der Waals surface area contributed by atoms with E-state index in [0.29, 0.717) is 12.8 Å². The number of aliphatic hydroxyl groups is 3. The lowest BCUT2D eigenvalue weighted by Crippen LogP contribution is -2.75. The van der Waals surface area contributed by atoms with Gasteiger partial charge < -0.3 is 40.3 Å². The van der Waals surface area contributed by atoms with E-state index in [9.17, 15) is 34.5 Å². The number of hydrogen-bond donors (Lipinski definition) is 6. The fourth-order valence-electron chi connectivity index (χ4n) is 7.10. The summed E-state index contributed by atoms with van der Waals surface area (Å²) in [5.41, 5.74) is 7.65. The summed E-state index contributed by atoms with van der Waals surface area (Å²) in [6.45, 7) is 2.73. The van der Waals surface area contributed by atoms with Gasteiger partial charge in [0.25, 0.3) is 0 Å². The first-order chi connectivity index (χ1) is 26.6. The Hall–Kier alpha value is -3.10. The number of unbranched alkanes of at least 4 members (excludes halogenated alkanes) is 17. The van der Waals surface area contributed by atoms with Crippen molar-refractivity contribution in [1.29, 1.82) is 0 Å². The van der Waals surface area contributed by atoms with E-state index in [2.05, 4.69) is 24.5 Å². The zero-order chi connectivity index (χ0) is 40.3. The van der Waals surface area contributed by atoms with Gasteiger partial charge in [-0.1, -0.05) is 153 Å². The molecule has 3 amide bonds. The Morgan fingerprint density at radius 2 is 1.27 bits per heavy atom. The molecule has 1 aromatic rings. The third-order valence-corrected chi connectivity index (χ3v) is 10.4. The third kappa shape index (κ3) is 18.1. The molecule has 7 N–H and O–H groups in total. The second-order valence-corrected chi connectivity index (χ2v) is 15.0. The van der Waals surface area contributed by atoms with E-state index in [1.165, 1.54) is 62.7 Å². The van der Waals surface area contributed by atoms with Gasteiger partial charge in [-0.05, 0) is 18.4 Å². The van der Waals surface area contributed by atoms with Gasteiger partial charge in [-0.25, -0.2) is 4.79 Å². The SMILES string of the molecule is CCCCCCCCCCCCN(C(=O)CCCCCCCCCCC)[C@]1(N)O[C@H](CO)[C@@H](O)[C@H](O)[C@H]1C(=O)CNC(=O)CNC(=O)OCc1ccccc1. The molecule has 0 saturated carbocycles. The maximum absolute atomic E-state index is 14.0. The minimum atomic E-state index is -2.21. The summed E-state index contributed by atoms with van der Waals surface area (Å²) >= 11 is 0. The van der Waals surface area contributed by atoms with Crippen LogP contribution in [0.4, 0.5) is 4.79 Å². The van der Waals surface area contributed by atoms with Crippen LogP contribution in [-0.4, -0.2) is 94.3 Å². The molecule has 1 saturated heterocycles. The normalized spacial score (nSPS) is 20.8. The molecule has 0 aliphatic carbocycles. The van der Waals surface area contributed by atoms with Crippen LogP contribution >= 0.6 is 0 Å². The Labute approximate surface area is 329 Å². The van der Waals surface area contributed by atoms with Crippen LogP contribution in [-0.2, 0) is 30.5 Å². The molecule has 2 rings (SSSR count). The number of carbonyl (C=O) groups is 4. The van der Waals surface area contributed by atoms with Gasteiger partial charge in [0.2, 0.25) is 17.7 Å². The fraction of sp³-hybridized carbons (Fsp3) is 0.762. The molecule has 0 bridgehead atoms. The molecular weight excluding hydrogens is 704 g/mol. The van der Waals surface area contributed by atoms with E-state index in [4.69, 9.17) is 15.2 Å². The molecule has 1 aromatic carbocycles. The van der Waals surface area contributed by atoms with Crippen molar-refractivity contribution in [3.8, 4) is 0 Å². The maximum Gasteiger partial charge on any atom is 0.407 e. The Bertz CT molecular complexity index is 1220. The molecule has 0 unspecified atom stereocenters. The highest BCUT2D eigenvalue weighted by atomic mass is 16.6. The molecule has 13 heteroatoms. The number of amides is 3. The van der Waals surface area contributed by atoms with Crippen molar-refractivity contribution in [3.63, 3.8) is 0 Å². The van der Waals surface area contributed by atoms with E-state index in [1.54, 1.807) is 24.3 Å². The lowest BCUT2D eigenvalue weighted by molar-refractivity contribution is -0.291. The van der Waals surface area contributed by atoms with Gasteiger partial charge >= 0.3 is 6.09 Å². The molecule has 1 aliphatic rings. The van der Waals surface area contributed by atoms with Crippen LogP contribution in [0.15, 0.2) is 30.3 Å².